The van der Waals surface area contributed by atoms with Gasteiger partial charge in [0.25, 0.3) is 0 Å². The van der Waals surface area contributed by atoms with Gasteiger partial charge in [0.2, 0.25) is 0 Å². The number of hydrogen-bond acceptors (Lipinski definition) is 3. The molecule has 2 aromatic rings. The van der Waals surface area contributed by atoms with Gasteiger partial charge in [0.05, 0.1) is 19.8 Å². The van der Waals surface area contributed by atoms with Crippen molar-refractivity contribution in [2.45, 2.75) is 24.8 Å². The summed E-state index contributed by atoms with van der Waals surface area (Å²) in [7, 11) is 1.71. The van der Waals surface area contributed by atoms with Crippen molar-refractivity contribution in [2.24, 2.45) is 0 Å². The van der Waals surface area contributed by atoms with E-state index in [0.717, 1.165) is 25.3 Å². The lowest BCUT2D eigenvalue weighted by atomic mass is 9.89. The summed E-state index contributed by atoms with van der Waals surface area (Å²) < 4.78 is 5.36. The maximum absolute atomic E-state index is 9.91. The number of piperidine rings is 1. The first-order valence-corrected chi connectivity index (χ1v) is 8.35. The molecule has 122 valence electrons. The van der Waals surface area contributed by atoms with Crippen LogP contribution in [0.15, 0.2) is 54.6 Å². The van der Waals surface area contributed by atoms with Crippen LogP contribution in [0, 0.1) is 0 Å². The van der Waals surface area contributed by atoms with Crippen LogP contribution in [0.3, 0.4) is 0 Å². The Kier molecular flexibility index (Phi) is 5.31. The highest BCUT2D eigenvalue weighted by Crippen LogP contribution is 2.33. The van der Waals surface area contributed by atoms with E-state index in [1.807, 2.05) is 24.3 Å². The normalized spacial score (nSPS) is 20.2. The summed E-state index contributed by atoms with van der Waals surface area (Å²) in [5.41, 5.74) is 2.53. The van der Waals surface area contributed by atoms with Crippen LogP contribution >= 0.6 is 0 Å². The van der Waals surface area contributed by atoms with Crippen LogP contribution in [0.5, 0.6) is 5.75 Å². The van der Waals surface area contributed by atoms with Crippen molar-refractivity contribution in [3.63, 3.8) is 0 Å². The third-order valence-electron chi connectivity index (χ3n) is 4.82. The quantitative estimate of drug-likeness (QED) is 0.915. The number of methoxy groups -OCH3 is 1. The van der Waals surface area contributed by atoms with Gasteiger partial charge in [-0.05, 0) is 48.6 Å². The molecule has 1 saturated heterocycles. The highest BCUT2D eigenvalue weighted by molar-refractivity contribution is 5.31. The van der Waals surface area contributed by atoms with Gasteiger partial charge in [-0.2, -0.15) is 0 Å². The maximum Gasteiger partial charge on any atom is 0.119 e. The molecule has 0 spiro atoms. The van der Waals surface area contributed by atoms with Gasteiger partial charge >= 0.3 is 0 Å². The van der Waals surface area contributed by atoms with E-state index in [1.165, 1.54) is 17.5 Å². The molecule has 23 heavy (non-hydrogen) atoms. The van der Waals surface area contributed by atoms with E-state index in [-0.39, 0.29) is 12.6 Å². The average molecular weight is 311 g/mol. The van der Waals surface area contributed by atoms with Crippen molar-refractivity contribution in [3.05, 3.63) is 65.7 Å². The predicted octanol–water partition coefficient (Wildman–Crippen LogP) is 3.61. The molecule has 0 saturated carbocycles. The standard InChI is InChI=1S/C20H25NO2/c1-23-19-11-5-9-17(13-19)18-10-6-12-21(14-18)20(15-22)16-7-3-2-4-8-16/h2-5,7-9,11,13,18,20,22H,6,10,12,14-15H2,1H3/t18-,20-/m0/s1. The fraction of sp³-hybridized carbons (Fsp3) is 0.400. The van der Waals surface area contributed by atoms with E-state index < -0.39 is 0 Å². The Morgan fingerprint density at radius 2 is 2.00 bits per heavy atom. The lowest BCUT2D eigenvalue weighted by molar-refractivity contribution is 0.0952. The number of ether oxygens (including phenoxy) is 1. The van der Waals surface area contributed by atoms with Gasteiger partial charge in [-0.15, -0.1) is 0 Å². The summed E-state index contributed by atoms with van der Waals surface area (Å²) in [6, 6.07) is 18.8. The summed E-state index contributed by atoms with van der Waals surface area (Å²) >= 11 is 0. The third kappa shape index (κ3) is 3.74. The number of hydrogen-bond donors (Lipinski definition) is 1. The van der Waals surface area contributed by atoms with Gasteiger partial charge in [-0.3, -0.25) is 4.90 Å². The van der Waals surface area contributed by atoms with Crippen LogP contribution in [-0.4, -0.2) is 36.8 Å². The molecule has 0 amide bonds. The molecule has 1 N–H and O–H groups in total. The Hall–Kier alpha value is -1.84. The fourth-order valence-electron chi connectivity index (χ4n) is 3.56. The second kappa shape index (κ2) is 7.62. The molecule has 0 radical (unpaired) electrons. The van der Waals surface area contributed by atoms with Crippen LogP contribution in [0.1, 0.15) is 35.9 Å². The molecule has 3 heteroatoms. The van der Waals surface area contributed by atoms with Gasteiger partial charge in [0.1, 0.15) is 5.75 Å². The molecule has 2 aromatic carbocycles. The number of aliphatic hydroxyl groups excluding tert-OH is 1. The molecular formula is C20H25NO2. The number of benzene rings is 2. The van der Waals surface area contributed by atoms with Crippen molar-refractivity contribution in [2.75, 3.05) is 26.8 Å². The zero-order valence-corrected chi connectivity index (χ0v) is 13.7. The van der Waals surface area contributed by atoms with Gasteiger partial charge < -0.3 is 9.84 Å². The van der Waals surface area contributed by atoms with E-state index in [4.69, 9.17) is 4.74 Å². The number of rotatable bonds is 5. The zero-order chi connectivity index (χ0) is 16.1. The van der Waals surface area contributed by atoms with Crippen molar-refractivity contribution < 1.29 is 9.84 Å². The Bertz CT molecular complexity index is 614. The highest BCUT2D eigenvalue weighted by Gasteiger charge is 2.27. The smallest absolute Gasteiger partial charge is 0.119 e. The first kappa shape index (κ1) is 16.0. The molecular weight excluding hydrogens is 286 g/mol. The fourth-order valence-corrected chi connectivity index (χ4v) is 3.56. The molecule has 1 aliphatic heterocycles. The monoisotopic (exact) mass is 311 g/mol. The number of aliphatic hydroxyl groups is 1. The van der Waals surface area contributed by atoms with E-state index in [2.05, 4.69) is 35.2 Å². The van der Waals surface area contributed by atoms with Crippen molar-refractivity contribution in [3.8, 4) is 5.75 Å². The minimum Gasteiger partial charge on any atom is -0.497 e. The van der Waals surface area contributed by atoms with Crippen LogP contribution < -0.4 is 4.74 Å². The van der Waals surface area contributed by atoms with Crippen LogP contribution in [-0.2, 0) is 0 Å². The van der Waals surface area contributed by atoms with Crippen molar-refractivity contribution in [1.29, 1.82) is 0 Å². The summed E-state index contributed by atoms with van der Waals surface area (Å²) in [4.78, 5) is 2.42. The molecule has 1 fully saturated rings. The summed E-state index contributed by atoms with van der Waals surface area (Å²) in [5, 5.41) is 9.91. The largest absolute Gasteiger partial charge is 0.497 e. The van der Waals surface area contributed by atoms with Gasteiger partial charge in [-0.1, -0.05) is 42.5 Å². The predicted molar refractivity (Wildman–Crippen MR) is 92.8 cm³/mol. The Morgan fingerprint density at radius 1 is 1.17 bits per heavy atom. The SMILES string of the molecule is COc1cccc([C@H]2CCCN([C@@H](CO)c3ccccc3)C2)c1. The van der Waals surface area contributed by atoms with Crippen LogP contribution in [0.2, 0.25) is 0 Å². The molecule has 3 nitrogen and oxygen atoms in total. The Labute approximate surface area is 138 Å². The van der Waals surface area contributed by atoms with Gasteiger partial charge in [-0.25, -0.2) is 0 Å². The second-order valence-corrected chi connectivity index (χ2v) is 6.22. The Balaban J connectivity index is 1.77. The number of likely N-dealkylation sites (tertiary alicyclic amines) is 1. The summed E-state index contributed by atoms with van der Waals surface area (Å²) in [6.45, 7) is 2.18. The van der Waals surface area contributed by atoms with Gasteiger partial charge in [0.15, 0.2) is 0 Å². The first-order chi connectivity index (χ1) is 11.3. The van der Waals surface area contributed by atoms with Gasteiger partial charge in [0, 0.05) is 6.54 Å². The molecule has 1 aliphatic rings. The highest BCUT2D eigenvalue weighted by atomic mass is 16.5. The molecule has 0 bridgehead atoms. The zero-order valence-electron chi connectivity index (χ0n) is 13.7. The topological polar surface area (TPSA) is 32.7 Å². The maximum atomic E-state index is 9.91. The molecule has 0 unspecified atom stereocenters. The van der Waals surface area contributed by atoms with Crippen molar-refractivity contribution in [1.82, 2.24) is 4.90 Å². The van der Waals surface area contributed by atoms with Crippen molar-refractivity contribution >= 4 is 0 Å². The Morgan fingerprint density at radius 3 is 2.74 bits per heavy atom. The molecule has 2 atom stereocenters. The minimum atomic E-state index is 0.0876. The molecule has 0 aliphatic carbocycles. The molecule has 3 rings (SSSR count). The van der Waals surface area contributed by atoms with E-state index in [9.17, 15) is 5.11 Å². The van der Waals surface area contributed by atoms with Crippen LogP contribution in [0.25, 0.3) is 0 Å². The average Bonchev–Trinajstić information content (AvgIpc) is 2.64. The molecule has 1 heterocycles. The summed E-state index contributed by atoms with van der Waals surface area (Å²) in [5.74, 6) is 1.41. The first-order valence-electron chi connectivity index (χ1n) is 8.35. The lowest BCUT2D eigenvalue weighted by Gasteiger charge is -2.38. The van der Waals surface area contributed by atoms with Crippen LogP contribution in [0.4, 0.5) is 0 Å². The number of nitrogens with zero attached hydrogens (tertiary/aromatic N) is 1. The van der Waals surface area contributed by atoms with E-state index in [0.29, 0.717) is 5.92 Å². The third-order valence-corrected chi connectivity index (χ3v) is 4.82. The minimum absolute atomic E-state index is 0.0876. The molecule has 0 aromatic heterocycles. The summed E-state index contributed by atoms with van der Waals surface area (Å²) in [6.07, 6.45) is 2.35. The lowest BCUT2D eigenvalue weighted by Crippen LogP contribution is -2.38. The van der Waals surface area contributed by atoms with E-state index in [1.54, 1.807) is 7.11 Å². The van der Waals surface area contributed by atoms with E-state index >= 15 is 0 Å². The second-order valence-electron chi connectivity index (χ2n) is 6.22.